The number of thiophene rings is 1. The van der Waals surface area contributed by atoms with Gasteiger partial charge in [0, 0.05) is 30.2 Å². The summed E-state index contributed by atoms with van der Waals surface area (Å²) in [6.45, 7) is 2.11. The maximum atomic E-state index is 12.5. The molecule has 2 amide bonds. The van der Waals surface area contributed by atoms with Gasteiger partial charge in [-0.2, -0.15) is 0 Å². The van der Waals surface area contributed by atoms with Crippen molar-refractivity contribution in [2.75, 3.05) is 25.5 Å². The lowest BCUT2D eigenvalue weighted by molar-refractivity contribution is -0.136. The number of amides is 2. The summed E-state index contributed by atoms with van der Waals surface area (Å²) in [4.78, 5) is 28.4. The molecule has 31 heavy (non-hydrogen) atoms. The number of rotatable bonds is 6. The Hall–Kier alpha value is -3.16. The fourth-order valence-corrected chi connectivity index (χ4v) is 4.67. The zero-order valence-corrected chi connectivity index (χ0v) is 18.2. The fraction of sp³-hybridized carbons (Fsp3) is 0.250. The maximum Gasteiger partial charge on any atom is 0.313 e. The van der Waals surface area contributed by atoms with Gasteiger partial charge in [0.15, 0.2) is 0 Å². The van der Waals surface area contributed by atoms with Crippen LogP contribution in [-0.2, 0) is 22.6 Å². The molecule has 0 saturated carbocycles. The van der Waals surface area contributed by atoms with Crippen molar-refractivity contribution in [3.05, 3.63) is 82.0 Å². The summed E-state index contributed by atoms with van der Waals surface area (Å²) in [5, 5.41) is 7.49. The molecule has 4 rings (SSSR count). The van der Waals surface area contributed by atoms with Crippen molar-refractivity contribution in [1.29, 1.82) is 0 Å². The van der Waals surface area contributed by atoms with Crippen LogP contribution >= 0.6 is 11.3 Å². The first-order chi connectivity index (χ1) is 15.1. The van der Waals surface area contributed by atoms with Crippen LogP contribution in [0.15, 0.2) is 66.0 Å². The summed E-state index contributed by atoms with van der Waals surface area (Å²) >= 11 is 1.67. The number of methoxy groups -OCH3 is 1. The molecule has 0 fully saturated rings. The van der Waals surface area contributed by atoms with Gasteiger partial charge >= 0.3 is 11.8 Å². The second-order valence-corrected chi connectivity index (χ2v) is 8.39. The van der Waals surface area contributed by atoms with Gasteiger partial charge in [0.25, 0.3) is 0 Å². The van der Waals surface area contributed by atoms with E-state index in [-0.39, 0.29) is 6.04 Å². The van der Waals surface area contributed by atoms with E-state index in [2.05, 4.69) is 45.9 Å². The lowest BCUT2D eigenvalue weighted by atomic mass is 9.98. The molecule has 0 bridgehead atoms. The van der Waals surface area contributed by atoms with Crippen molar-refractivity contribution < 1.29 is 14.3 Å². The van der Waals surface area contributed by atoms with Gasteiger partial charge in [0.05, 0.1) is 13.2 Å². The monoisotopic (exact) mass is 435 g/mol. The molecule has 1 aliphatic heterocycles. The second-order valence-electron chi connectivity index (χ2n) is 7.41. The number of hydrogen-bond acceptors (Lipinski definition) is 5. The molecule has 6 nitrogen and oxygen atoms in total. The Labute approximate surface area is 185 Å². The van der Waals surface area contributed by atoms with Crippen LogP contribution < -0.4 is 15.4 Å². The van der Waals surface area contributed by atoms with Crippen LogP contribution in [0.2, 0.25) is 0 Å². The van der Waals surface area contributed by atoms with E-state index in [1.807, 2.05) is 11.4 Å². The minimum absolute atomic E-state index is 0.0195. The van der Waals surface area contributed by atoms with Crippen molar-refractivity contribution in [3.63, 3.8) is 0 Å². The molecular formula is C24H25N3O3S. The number of nitrogens with zero attached hydrogens (tertiary/aromatic N) is 1. The molecule has 1 atom stereocenters. The van der Waals surface area contributed by atoms with Gasteiger partial charge < -0.3 is 15.4 Å². The van der Waals surface area contributed by atoms with Gasteiger partial charge in [-0.05, 0) is 53.3 Å². The smallest absolute Gasteiger partial charge is 0.313 e. The van der Waals surface area contributed by atoms with Crippen molar-refractivity contribution in [2.45, 2.75) is 19.0 Å². The highest BCUT2D eigenvalue weighted by Gasteiger charge is 2.26. The molecule has 0 aliphatic carbocycles. The number of ether oxygens (including phenoxy) is 1. The number of fused-ring (bicyclic) bond motifs is 1. The average Bonchev–Trinajstić information content (AvgIpc) is 3.34. The topological polar surface area (TPSA) is 70.7 Å². The van der Waals surface area contributed by atoms with Crippen molar-refractivity contribution in [1.82, 2.24) is 10.2 Å². The lowest BCUT2D eigenvalue weighted by Gasteiger charge is -2.35. The Balaban J connectivity index is 1.39. The Bertz CT molecular complexity index is 1030. The number of carbonyl (C=O) groups is 2. The van der Waals surface area contributed by atoms with Gasteiger partial charge in [0.2, 0.25) is 0 Å². The van der Waals surface area contributed by atoms with E-state index >= 15 is 0 Å². The number of benzene rings is 2. The molecule has 1 aromatic heterocycles. The largest absolute Gasteiger partial charge is 0.497 e. The quantitative estimate of drug-likeness (QED) is 0.581. The van der Waals surface area contributed by atoms with Gasteiger partial charge in [-0.25, -0.2) is 0 Å². The van der Waals surface area contributed by atoms with Crippen LogP contribution in [0.25, 0.3) is 0 Å². The minimum atomic E-state index is -0.681. The van der Waals surface area contributed by atoms with Crippen LogP contribution in [0.3, 0.4) is 0 Å². The number of anilines is 1. The van der Waals surface area contributed by atoms with E-state index in [4.69, 9.17) is 4.74 Å². The van der Waals surface area contributed by atoms with Gasteiger partial charge in [-0.1, -0.05) is 30.3 Å². The van der Waals surface area contributed by atoms with Gasteiger partial charge in [-0.15, -0.1) is 11.3 Å². The van der Waals surface area contributed by atoms with E-state index in [0.29, 0.717) is 18.0 Å². The summed E-state index contributed by atoms with van der Waals surface area (Å²) in [5.41, 5.74) is 3.24. The number of carbonyl (C=O) groups excluding carboxylic acids is 2. The molecule has 0 unspecified atom stereocenters. The third-order valence-electron chi connectivity index (χ3n) is 5.48. The molecular weight excluding hydrogens is 410 g/mol. The normalized spacial score (nSPS) is 14.4. The van der Waals surface area contributed by atoms with Crippen LogP contribution in [0.5, 0.6) is 5.75 Å². The Morgan fingerprint density at radius 1 is 1.03 bits per heavy atom. The highest BCUT2D eigenvalue weighted by atomic mass is 32.1. The van der Waals surface area contributed by atoms with Gasteiger partial charge in [-0.3, -0.25) is 14.5 Å². The second kappa shape index (κ2) is 9.76. The maximum absolute atomic E-state index is 12.5. The van der Waals surface area contributed by atoms with E-state index in [1.165, 1.54) is 16.0 Å². The Morgan fingerprint density at radius 3 is 2.52 bits per heavy atom. The van der Waals surface area contributed by atoms with E-state index in [9.17, 15) is 9.59 Å². The highest BCUT2D eigenvalue weighted by Crippen LogP contribution is 2.30. The fourth-order valence-electron chi connectivity index (χ4n) is 3.81. The van der Waals surface area contributed by atoms with E-state index < -0.39 is 11.8 Å². The van der Waals surface area contributed by atoms with Gasteiger partial charge in [0.1, 0.15) is 5.75 Å². The molecule has 7 heteroatoms. The highest BCUT2D eigenvalue weighted by molar-refractivity contribution is 7.10. The van der Waals surface area contributed by atoms with Crippen LogP contribution in [0, 0.1) is 0 Å². The molecule has 0 saturated heterocycles. The third kappa shape index (κ3) is 5.13. The van der Waals surface area contributed by atoms with Crippen molar-refractivity contribution >= 4 is 28.8 Å². The Kier molecular flexibility index (Phi) is 6.64. The molecule has 0 spiro atoms. The zero-order valence-electron chi connectivity index (χ0n) is 17.3. The third-order valence-corrected chi connectivity index (χ3v) is 6.46. The summed E-state index contributed by atoms with van der Waals surface area (Å²) in [7, 11) is 1.58. The van der Waals surface area contributed by atoms with Crippen molar-refractivity contribution in [2.24, 2.45) is 0 Å². The van der Waals surface area contributed by atoms with E-state index in [0.717, 1.165) is 19.5 Å². The molecule has 160 valence electrons. The molecule has 3 aromatic rings. The zero-order chi connectivity index (χ0) is 21.6. The first-order valence-corrected chi connectivity index (χ1v) is 11.1. The molecule has 2 aromatic carbocycles. The molecule has 1 aliphatic rings. The first kappa shape index (κ1) is 21.1. The van der Waals surface area contributed by atoms with E-state index in [1.54, 1.807) is 42.7 Å². The SMILES string of the molecule is COc1ccc(NC(=O)C(=O)NC[C@@H](c2cccs2)N2CCc3ccccc3C2)cc1. The summed E-state index contributed by atoms with van der Waals surface area (Å²) in [6.07, 6.45) is 0.976. The lowest BCUT2D eigenvalue weighted by Crippen LogP contribution is -2.43. The number of hydrogen-bond donors (Lipinski definition) is 2. The predicted molar refractivity (Wildman–Crippen MR) is 122 cm³/mol. The summed E-state index contributed by atoms with van der Waals surface area (Å²) < 4.78 is 5.11. The summed E-state index contributed by atoms with van der Waals surface area (Å²) in [5.74, 6) is -0.641. The Morgan fingerprint density at radius 2 is 1.81 bits per heavy atom. The van der Waals surface area contributed by atoms with Crippen molar-refractivity contribution in [3.8, 4) is 5.75 Å². The minimum Gasteiger partial charge on any atom is -0.497 e. The molecule has 2 heterocycles. The van der Waals surface area contributed by atoms with Crippen LogP contribution in [-0.4, -0.2) is 36.9 Å². The standard InChI is InChI=1S/C24H25N3O3S/c1-30-20-10-8-19(9-11-20)26-24(29)23(28)25-15-21(22-7-4-14-31-22)27-13-12-17-5-2-3-6-18(17)16-27/h2-11,14,21H,12-13,15-16H2,1H3,(H,25,28)(H,26,29)/t21-/m0/s1. The average molecular weight is 436 g/mol. The van der Waals surface area contributed by atoms with Crippen LogP contribution in [0.4, 0.5) is 5.69 Å². The summed E-state index contributed by atoms with van der Waals surface area (Å²) in [6, 6.07) is 19.5. The number of nitrogens with one attached hydrogen (secondary N) is 2. The predicted octanol–water partition coefficient (Wildman–Crippen LogP) is 3.61. The first-order valence-electron chi connectivity index (χ1n) is 10.2. The van der Waals surface area contributed by atoms with Crippen LogP contribution in [0.1, 0.15) is 22.0 Å². The molecule has 2 N–H and O–H groups in total. The molecule has 0 radical (unpaired) electrons.